The molecule has 1 amide bonds. The number of hydrogen-bond acceptors (Lipinski definition) is 5. The predicted octanol–water partition coefficient (Wildman–Crippen LogP) is 0.555. The van der Waals surface area contributed by atoms with Crippen LogP contribution in [-0.2, 0) is 27.9 Å². The Bertz CT molecular complexity index is 736. The topological polar surface area (TPSA) is 92.3 Å². The molecule has 0 aliphatic heterocycles. The summed E-state index contributed by atoms with van der Waals surface area (Å²) in [5.41, 5.74) is 1.43. The molecule has 0 saturated carbocycles. The number of nitrogens with one attached hydrogen (secondary N) is 1. The second kappa shape index (κ2) is 7.80. The van der Waals surface area contributed by atoms with Gasteiger partial charge >= 0.3 is 0 Å². The third kappa shape index (κ3) is 5.76. The number of amides is 1. The van der Waals surface area contributed by atoms with Gasteiger partial charge in [0.2, 0.25) is 15.9 Å². The third-order valence-electron chi connectivity index (χ3n) is 3.07. The maximum atomic E-state index is 12.0. The average molecular weight is 334 g/mol. The molecule has 7 nitrogen and oxygen atoms in total. The lowest BCUT2D eigenvalue weighted by molar-refractivity contribution is -0.121. The zero-order valence-corrected chi connectivity index (χ0v) is 13.5. The Morgan fingerprint density at radius 2 is 2.04 bits per heavy atom. The van der Waals surface area contributed by atoms with Gasteiger partial charge in [0, 0.05) is 25.1 Å². The Hall–Kier alpha value is -2.32. The summed E-state index contributed by atoms with van der Waals surface area (Å²) in [7, 11) is -3.52. The van der Waals surface area contributed by atoms with Crippen LogP contribution in [0.4, 0.5) is 0 Å². The molecule has 122 valence electrons. The molecule has 23 heavy (non-hydrogen) atoms. The SMILES string of the molecule is CS(=O)(=O)N(CC(=O)NCc1cccnc1)Cc1ccccn1. The monoisotopic (exact) mass is 334 g/mol. The Labute approximate surface area is 135 Å². The quantitative estimate of drug-likeness (QED) is 0.798. The Kier molecular flexibility index (Phi) is 5.78. The maximum Gasteiger partial charge on any atom is 0.235 e. The zero-order valence-electron chi connectivity index (χ0n) is 12.7. The highest BCUT2D eigenvalue weighted by molar-refractivity contribution is 7.88. The molecule has 0 radical (unpaired) electrons. The molecule has 2 aromatic rings. The number of carbonyl (C=O) groups is 1. The van der Waals surface area contributed by atoms with Crippen molar-refractivity contribution in [1.29, 1.82) is 0 Å². The van der Waals surface area contributed by atoms with E-state index in [1.165, 1.54) is 0 Å². The number of rotatable bonds is 7. The molecular formula is C15H18N4O3S. The van der Waals surface area contributed by atoms with E-state index in [0.717, 1.165) is 16.1 Å². The lowest BCUT2D eigenvalue weighted by atomic mass is 10.3. The fourth-order valence-corrected chi connectivity index (χ4v) is 2.60. The zero-order chi connectivity index (χ0) is 16.7. The van der Waals surface area contributed by atoms with Crippen molar-refractivity contribution in [2.24, 2.45) is 0 Å². The maximum absolute atomic E-state index is 12.0. The Balaban J connectivity index is 1.96. The van der Waals surface area contributed by atoms with Crippen LogP contribution >= 0.6 is 0 Å². The van der Waals surface area contributed by atoms with Gasteiger partial charge in [0.1, 0.15) is 0 Å². The summed E-state index contributed by atoms with van der Waals surface area (Å²) in [6.45, 7) is 0.101. The van der Waals surface area contributed by atoms with Crippen LogP contribution in [0.1, 0.15) is 11.3 Å². The third-order valence-corrected chi connectivity index (χ3v) is 4.26. The number of sulfonamides is 1. The molecule has 0 saturated heterocycles. The van der Waals surface area contributed by atoms with Gasteiger partial charge in [0.05, 0.1) is 25.0 Å². The number of pyridine rings is 2. The van der Waals surface area contributed by atoms with Crippen LogP contribution in [-0.4, -0.2) is 41.4 Å². The van der Waals surface area contributed by atoms with E-state index >= 15 is 0 Å². The summed E-state index contributed by atoms with van der Waals surface area (Å²) in [5.74, 6) is -0.379. The van der Waals surface area contributed by atoms with Gasteiger partial charge in [0.25, 0.3) is 0 Å². The van der Waals surface area contributed by atoms with Crippen LogP contribution < -0.4 is 5.32 Å². The van der Waals surface area contributed by atoms with E-state index in [0.29, 0.717) is 12.2 Å². The highest BCUT2D eigenvalue weighted by Gasteiger charge is 2.20. The van der Waals surface area contributed by atoms with Crippen LogP contribution in [0.25, 0.3) is 0 Å². The molecule has 2 aromatic heterocycles. The number of hydrogen-bond donors (Lipinski definition) is 1. The lowest BCUT2D eigenvalue weighted by Crippen LogP contribution is -2.39. The van der Waals surface area contributed by atoms with E-state index in [1.807, 2.05) is 6.07 Å². The summed E-state index contributed by atoms with van der Waals surface area (Å²) < 4.78 is 24.8. The van der Waals surface area contributed by atoms with Gasteiger partial charge in [-0.3, -0.25) is 14.8 Å². The molecule has 8 heteroatoms. The van der Waals surface area contributed by atoms with E-state index in [2.05, 4.69) is 15.3 Å². The summed E-state index contributed by atoms with van der Waals surface area (Å²) >= 11 is 0. The van der Waals surface area contributed by atoms with E-state index < -0.39 is 10.0 Å². The highest BCUT2D eigenvalue weighted by Crippen LogP contribution is 2.06. The molecule has 0 aliphatic carbocycles. The van der Waals surface area contributed by atoms with Crippen molar-refractivity contribution in [3.8, 4) is 0 Å². The molecule has 0 unspecified atom stereocenters. The molecule has 2 rings (SSSR count). The number of nitrogens with zero attached hydrogens (tertiary/aromatic N) is 3. The van der Waals surface area contributed by atoms with Crippen LogP contribution in [0.5, 0.6) is 0 Å². The molecule has 0 aromatic carbocycles. The van der Waals surface area contributed by atoms with Crippen molar-refractivity contribution in [2.45, 2.75) is 13.1 Å². The van der Waals surface area contributed by atoms with Crippen molar-refractivity contribution in [3.63, 3.8) is 0 Å². The van der Waals surface area contributed by atoms with Crippen molar-refractivity contribution in [2.75, 3.05) is 12.8 Å². The first kappa shape index (κ1) is 17.0. The second-order valence-corrected chi connectivity index (χ2v) is 6.97. The van der Waals surface area contributed by atoms with Crippen molar-refractivity contribution in [1.82, 2.24) is 19.6 Å². The Morgan fingerprint density at radius 3 is 2.65 bits per heavy atom. The van der Waals surface area contributed by atoms with Crippen LogP contribution in [0.15, 0.2) is 48.9 Å². The molecule has 0 fully saturated rings. The van der Waals surface area contributed by atoms with Gasteiger partial charge in [-0.2, -0.15) is 4.31 Å². The summed E-state index contributed by atoms with van der Waals surface area (Å²) in [6.07, 6.45) is 5.94. The van der Waals surface area contributed by atoms with E-state index in [1.54, 1.807) is 42.9 Å². The predicted molar refractivity (Wildman–Crippen MR) is 85.6 cm³/mol. The second-order valence-electron chi connectivity index (χ2n) is 4.99. The van der Waals surface area contributed by atoms with E-state index in [4.69, 9.17) is 0 Å². The van der Waals surface area contributed by atoms with Gasteiger partial charge < -0.3 is 5.32 Å². The van der Waals surface area contributed by atoms with E-state index in [-0.39, 0.29) is 19.0 Å². The van der Waals surface area contributed by atoms with Gasteiger partial charge in [-0.25, -0.2) is 8.42 Å². The van der Waals surface area contributed by atoms with Crippen molar-refractivity contribution in [3.05, 3.63) is 60.2 Å². The largest absolute Gasteiger partial charge is 0.351 e. The normalized spacial score (nSPS) is 11.4. The first-order valence-corrected chi connectivity index (χ1v) is 8.80. The number of aromatic nitrogens is 2. The standard InChI is InChI=1S/C15H18N4O3S/c1-23(21,22)19(11-14-6-2-3-8-17-14)12-15(20)18-10-13-5-4-7-16-9-13/h2-9H,10-12H2,1H3,(H,18,20). The fraction of sp³-hybridized carbons (Fsp3) is 0.267. The minimum absolute atomic E-state index is 0.0555. The molecule has 0 bridgehead atoms. The molecule has 0 aliphatic rings. The summed E-state index contributed by atoms with van der Waals surface area (Å²) in [5, 5.41) is 2.68. The number of carbonyl (C=O) groups excluding carboxylic acids is 1. The van der Waals surface area contributed by atoms with Crippen molar-refractivity contribution >= 4 is 15.9 Å². The summed E-state index contributed by atoms with van der Waals surface area (Å²) in [4.78, 5) is 20.0. The first-order chi connectivity index (χ1) is 10.9. The minimum Gasteiger partial charge on any atom is -0.351 e. The first-order valence-electron chi connectivity index (χ1n) is 6.96. The van der Waals surface area contributed by atoms with Crippen LogP contribution in [0.2, 0.25) is 0 Å². The average Bonchev–Trinajstić information content (AvgIpc) is 2.53. The van der Waals surface area contributed by atoms with Crippen LogP contribution in [0.3, 0.4) is 0 Å². The van der Waals surface area contributed by atoms with Gasteiger partial charge in [0.15, 0.2) is 0 Å². The van der Waals surface area contributed by atoms with Crippen molar-refractivity contribution < 1.29 is 13.2 Å². The van der Waals surface area contributed by atoms with E-state index in [9.17, 15) is 13.2 Å². The fourth-order valence-electron chi connectivity index (χ4n) is 1.88. The lowest BCUT2D eigenvalue weighted by Gasteiger charge is -2.19. The minimum atomic E-state index is -3.52. The smallest absolute Gasteiger partial charge is 0.235 e. The van der Waals surface area contributed by atoms with Crippen LogP contribution in [0, 0.1) is 0 Å². The summed E-state index contributed by atoms with van der Waals surface area (Å²) in [6, 6.07) is 8.83. The molecule has 0 atom stereocenters. The molecule has 2 heterocycles. The molecular weight excluding hydrogens is 316 g/mol. The van der Waals surface area contributed by atoms with Gasteiger partial charge in [-0.05, 0) is 23.8 Å². The highest BCUT2D eigenvalue weighted by atomic mass is 32.2. The Morgan fingerprint density at radius 1 is 1.22 bits per heavy atom. The van der Waals surface area contributed by atoms with Gasteiger partial charge in [-0.15, -0.1) is 0 Å². The van der Waals surface area contributed by atoms with Gasteiger partial charge in [-0.1, -0.05) is 12.1 Å². The molecule has 0 spiro atoms. The molecule has 1 N–H and O–H groups in total.